The summed E-state index contributed by atoms with van der Waals surface area (Å²) in [5.74, 6) is 0.336. The van der Waals surface area contributed by atoms with Gasteiger partial charge < -0.3 is 9.88 Å². The summed E-state index contributed by atoms with van der Waals surface area (Å²) < 4.78 is 2.01. The zero-order valence-corrected chi connectivity index (χ0v) is 11.3. The van der Waals surface area contributed by atoms with Gasteiger partial charge in [-0.25, -0.2) is 9.97 Å². The van der Waals surface area contributed by atoms with Crippen LogP contribution in [0.1, 0.15) is 18.4 Å². The van der Waals surface area contributed by atoms with Crippen LogP contribution < -0.4 is 5.32 Å². The van der Waals surface area contributed by atoms with Crippen LogP contribution in [-0.4, -0.2) is 26.0 Å². The largest absolute Gasteiger partial charge is 0.364 e. The number of aromatic nitrogens is 3. The van der Waals surface area contributed by atoms with E-state index in [2.05, 4.69) is 15.3 Å². The number of hydrogen-bond donors (Lipinski definition) is 1. The highest BCUT2D eigenvalue weighted by Gasteiger charge is 2.14. The lowest BCUT2D eigenvalue weighted by atomic mass is 10.2. The van der Waals surface area contributed by atoms with Gasteiger partial charge in [0.2, 0.25) is 5.82 Å². The van der Waals surface area contributed by atoms with E-state index in [1.807, 2.05) is 10.8 Å². The Bertz CT molecular complexity index is 568. The molecular formula is C13H17N5O2. The van der Waals surface area contributed by atoms with Gasteiger partial charge in [0.15, 0.2) is 0 Å². The normalized spacial score (nSPS) is 10.4. The van der Waals surface area contributed by atoms with E-state index in [1.54, 1.807) is 25.6 Å². The van der Waals surface area contributed by atoms with Crippen molar-refractivity contribution in [2.24, 2.45) is 0 Å². The number of aryl methyl sites for hydroxylation is 2. The third-order valence-electron chi connectivity index (χ3n) is 2.90. The van der Waals surface area contributed by atoms with Crippen LogP contribution >= 0.6 is 0 Å². The van der Waals surface area contributed by atoms with E-state index in [0.29, 0.717) is 12.4 Å². The van der Waals surface area contributed by atoms with Crippen LogP contribution in [0.2, 0.25) is 0 Å². The molecule has 2 aromatic heterocycles. The van der Waals surface area contributed by atoms with E-state index in [4.69, 9.17) is 0 Å². The van der Waals surface area contributed by atoms with Crippen molar-refractivity contribution in [1.29, 1.82) is 0 Å². The molecule has 0 aliphatic carbocycles. The summed E-state index contributed by atoms with van der Waals surface area (Å²) in [4.78, 5) is 18.6. The van der Waals surface area contributed by atoms with Gasteiger partial charge in [-0.15, -0.1) is 0 Å². The van der Waals surface area contributed by atoms with Crippen molar-refractivity contribution in [3.05, 3.63) is 46.7 Å². The Morgan fingerprint density at radius 1 is 1.45 bits per heavy atom. The number of nitro groups is 1. The van der Waals surface area contributed by atoms with Gasteiger partial charge in [0, 0.05) is 37.7 Å². The van der Waals surface area contributed by atoms with Gasteiger partial charge in [0.05, 0.1) is 11.3 Å². The maximum absolute atomic E-state index is 10.9. The molecule has 2 aromatic rings. The molecule has 20 heavy (non-hydrogen) atoms. The standard InChI is InChI=1S/C13H17N5O2/c1-11-8-12(18(19)20)13(16-9-11)15-4-2-3-6-17-7-5-14-10-17/h5,7-10H,2-4,6H2,1H3,(H,15,16). The quantitative estimate of drug-likeness (QED) is 0.476. The summed E-state index contributed by atoms with van der Waals surface area (Å²) in [6, 6.07) is 1.53. The molecule has 1 N–H and O–H groups in total. The third kappa shape index (κ3) is 3.78. The molecule has 2 rings (SSSR count). The summed E-state index contributed by atoms with van der Waals surface area (Å²) in [7, 11) is 0. The SMILES string of the molecule is Cc1cnc(NCCCCn2ccnc2)c([N+](=O)[O-])c1. The van der Waals surface area contributed by atoms with Crippen molar-refractivity contribution in [2.45, 2.75) is 26.3 Å². The monoisotopic (exact) mass is 275 g/mol. The van der Waals surface area contributed by atoms with Crippen molar-refractivity contribution < 1.29 is 4.92 Å². The van der Waals surface area contributed by atoms with Gasteiger partial charge in [-0.1, -0.05) is 0 Å². The first kappa shape index (κ1) is 14.0. The predicted octanol–water partition coefficient (Wildman–Crippen LogP) is 2.39. The molecule has 0 bridgehead atoms. The molecule has 0 amide bonds. The second kappa shape index (κ2) is 6.65. The average Bonchev–Trinajstić information content (AvgIpc) is 2.92. The molecule has 0 aliphatic rings. The molecule has 0 saturated heterocycles. The van der Waals surface area contributed by atoms with Gasteiger partial charge in [-0.05, 0) is 25.3 Å². The molecular weight excluding hydrogens is 258 g/mol. The molecule has 2 heterocycles. The minimum absolute atomic E-state index is 0.0274. The highest BCUT2D eigenvalue weighted by molar-refractivity contribution is 5.56. The van der Waals surface area contributed by atoms with Gasteiger partial charge in [0.25, 0.3) is 0 Å². The Kier molecular flexibility index (Phi) is 4.65. The zero-order chi connectivity index (χ0) is 14.4. The van der Waals surface area contributed by atoms with Gasteiger partial charge >= 0.3 is 5.69 Å². The zero-order valence-electron chi connectivity index (χ0n) is 11.3. The van der Waals surface area contributed by atoms with Gasteiger partial charge in [0.1, 0.15) is 0 Å². The maximum Gasteiger partial charge on any atom is 0.311 e. The summed E-state index contributed by atoms with van der Waals surface area (Å²) in [6.07, 6.45) is 8.95. The van der Waals surface area contributed by atoms with Crippen LogP contribution in [0.3, 0.4) is 0 Å². The van der Waals surface area contributed by atoms with Crippen LogP contribution in [-0.2, 0) is 6.54 Å². The Balaban J connectivity index is 1.80. The number of rotatable bonds is 7. The van der Waals surface area contributed by atoms with Gasteiger partial charge in [-0.2, -0.15) is 0 Å². The summed E-state index contributed by atoms with van der Waals surface area (Å²) in [5.41, 5.74) is 0.807. The summed E-state index contributed by atoms with van der Waals surface area (Å²) in [6.45, 7) is 3.34. The minimum atomic E-state index is -0.409. The fraction of sp³-hybridized carbons (Fsp3) is 0.385. The van der Waals surface area contributed by atoms with Crippen LogP contribution in [0.15, 0.2) is 31.0 Å². The first-order chi connectivity index (χ1) is 9.66. The van der Waals surface area contributed by atoms with Gasteiger partial charge in [-0.3, -0.25) is 10.1 Å². The lowest BCUT2D eigenvalue weighted by Crippen LogP contribution is -2.07. The number of unbranched alkanes of at least 4 members (excludes halogenated alkanes) is 1. The summed E-state index contributed by atoms with van der Waals surface area (Å²) >= 11 is 0. The number of pyridine rings is 1. The van der Waals surface area contributed by atoms with E-state index in [1.165, 1.54) is 6.07 Å². The number of nitrogens with one attached hydrogen (secondary N) is 1. The second-order valence-electron chi connectivity index (χ2n) is 4.57. The van der Waals surface area contributed by atoms with Crippen LogP contribution in [0.5, 0.6) is 0 Å². The Morgan fingerprint density at radius 3 is 3.00 bits per heavy atom. The number of nitrogens with zero attached hydrogens (tertiary/aromatic N) is 4. The van der Waals surface area contributed by atoms with Crippen molar-refractivity contribution in [3.8, 4) is 0 Å². The van der Waals surface area contributed by atoms with E-state index < -0.39 is 4.92 Å². The fourth-order valence-corrected chi connectivity index (χ4v) is 1.87. The van der Waals surface area contributed by atoms with Crippen LogP contribution in [0.25, 0.3) is 0 Å². The first-order valence-electron chi connectivity index (χ1n) is 6.47. The molecule has 0 unspecified atom stereocenters. The Morgan fingerprint density at radius 2 is 2.30 bits per heavy atom. The molecule has 7 nitrogen and oxygen atoms in total. The maximum atomic E-state index is 10.9. The molecule has 106 valence electrons. The second-order valence-corrected chi connectivity index (χ2v) is 4.57. The van der Waals surface area contributed by atoms with Crippen molar-refractivity contribution in [1.82, 2.24) is 14.5 Å². The minimum Gasteiger partial charge on any atom is -0.364 e. The number of hydrogen-bond acceptors (Lipinski definition) is 5. The van der Waals surface area contributed by atoms with Crippen LogP contribution in [0.4, 0.5) is 11.5 Å². The van der Waals surface area contributed by atoms with Crippen molar-refractivity contribution in [2.75, 3.05) is 11.9 Å². The van der Waals surface area contributed by atoms with Crippen molar-refractivity contribution >= 4 is 11.5 Å². The van der Waals surface area contributed by atoms with Crippen molar-refractivity contribution in [3.63, 3.8) is 0 Å². The average molecular weight is 275 g/mol. The van der Waals surface area contributed by atoms with E-state index in [-0.39, 0.29) is 5.69 Å². The lowest BCUT2D eigenvalue weighted by Gasteiger charge is -2.07. The Hall–Kier alpha value is -2.44. The van der Waals surface area contributed by atoms with Crippen LogP contribution in [0, 0.1) is 17.0 Å². The smallest absolute Gasteiger partial charge is 0.311 e. The molecule has 7 heteroatoms. The molecule has 0 saturated carbocycles. The molecule has 0 radical (unpaired) electrons. The lowest BCUT2D eigenvalue weighted by molar-refractivity contribution is -0.384. The molecule has 0 aliphatic heterocycles. The highest BCUT2D eigenvalue weighted by atomic mass is 16.6. The predicted molar refractivity (Wildman–Crippen MR) is 75.6 cm³/mol. The van der Waals surface area contributed by atoms with E-state index in [0.717, 1.165) is 24.9 Å². The number of imidazole rings is 1. The first-order valence-corrected chi connectivity index (χ1v) is 6.47. The van der Waals surface area contributed by atoms with E-state index in [9.17, 15) is 10.1 Å². The Labute approximate surface area is 116 Å². The molecule has 0 aromatic carbocycles. The molecule has 0 atom stereocenters. The summed E-state index contributed by atoms with van der Waals surface area (Å²) in [5, 5.41) is 14.0. The van der Waals surface area contributed by atoms with E-state index >= 15 is 0 Å². The highest BCUT2D eigenvalue weighted by Crippen LogP contribution is 2.22. The molecule has 0 spiro atoms. The third-order valence-corrected chi connectivity index (χ3v) is 2.90. The molecule has 0 fully saturated rings. The topological polar surface area (TPSA) is 85.9 Å². The fourth-order valence-electron chi connectivity index (χ4n) is 1.87. The number of anilines is 1.